The van der Waals surface area contributed by atoms with Crippen molar-refractivity contribution in [2.24, 2.45) is 0 Å². The number of aromatic nitrogens is 2. The van der Waals surface area contributed by atoms with Crippen molar-refractivity contribution in [3.8, 4) is 0 Å². The topological polar surface area (TPSA) is 29.9 Å². The number of nitrogens with zero attached hydrogens (tertiary/aromatic N) is 2. The maximum absolute atomic E-state index is 4.46. The van der Waals surface area contributed by atoms with Crippen LogP contribution in [0.4, 0.5) is 0 Å². The van der Waals surface area contributed by atoms with Crippen LogP contribution in [0.15, 0.2) is 12.4 Å². The highest BCUT2D eigenvalue weighted by Gasteiger charge is 2.14. The third-order valence-corrected chi connectivity index (χ3v) is 2.97. The lowest BCUT2D eigenvalue weighted by Crippen LogP contribution is -2.26. The third kappa shape index (κ3) is 3.54. The van der Waals surface area contributed by atoms with Crippen LogP contribution in [0.3, 0.4) is 0 Å². The largest absolute Gasteiger partial charge is 0.334 e. The first-order valence-electron chi connectivity index (χ1n) is 5.56. The van der Waals surface area contributed by atoms with Gasteiger partial charge in [-0.2, -0.15) is 11.8 Å². The molecule has 0 aliphatic carbocycles. The summed E-state index contributed by atoms with van der Waals surface area (Å²) in [5.41, 5.74) is 0. The van der Waals surface area contributed by atoms with Crippen LogP contribution >= 0.6 is 11.8 Å². The lowest BCUT2D eigenvalue weighted by molar-refractivity contribution is 0.527. The summed E-state index contributed by atoms with van der Waals surface area (Å²) in [6.07, 6.45) is 7.26. The van der Waals surface area contributed by atoms with Crippen molar-refractivity contribution in [2.75, 3.05) is 18.6 Å². The van der Waals surface area contributed by atoms with Crippen molar-refractivity contribution in [3.63, 3.8) is 0 Å². The quantitative estimate of drug-likeness (QED) is 0.775. The number of aryl methyl sites for hydroxylation is 1. The van der Waals surface area contributed by atoms with Crippen LogP contribution in [0.5, 0.6) is 0 Å². The van der Waals surface area contributed by atoms with Crippen molar-refractivity contribution in [3.05, 3.63) is 18.2 Å². The standard InChI is InChI=1S/C11H21N3S/c1-4-7-14-8-6-13-11(14)10(9-15-3)12-5-2/h6,8,10,12H,4-5,7,9H2,1-3H3. The predicted octanol–water partition coefficient (Wildman–Crippen LogP) is 2.31. The molecular weight excluding hydrogens is 206 g/mol. The summed E-state index contributed by atoms with van der Waals surface area (Å²) < 4.78 is 2.25. The Kier molecular flexibility index (Phi) is 5.79. The second kappa shape index (κ2) is 6.90. The van der Waals surface area contributed by atoms with Crippen molar-refractivity contribution in [2.45, 2.75) is 32.9 Å². The molecule has 0 aliphatic rings. The van der Waals surface area contributed by atoms with Gasteiger partial charge in [-0.05, 0) is 19.2 Å². The molecule has 4 heteroatoms. The molecule has 0 spiro atoms. The maximum Gasteiger partial charge on any atom is 0.126 e. The highest BCUT2D eigenvalue weighted by Crippen LogP contribution is 2.15. The lowest BCUT2D eigenvalue weighted by atomic mass is 10.3. The molecule has 0 fully saturated rings. The van der Waals surface area contributed by atoms with Crippen LogP contribution < -0.4 is 5.32 Å². The van der Waals surface area contributed by atoms with E-state index in [1.54, 1.807) is 0 Å². The van der Waals surface area contributed by atoms with Crippen LogP contribution in [0.2, 0.25) is 0 Å². The molecule has 15 heavy (non-hydrogen) atoms. The molecule has 1 heterocycles. The molecule has 0 bridgehead atoms. The summed E-state index contributed by atoms with van der Waals surface area (Å²) in [7, 11) is 0. The summed E-state index contributed by atoms with van der Waals surface area (Å²) in [4.78, 5) is 4.46. The van der Waals surface area contributed by atoms with E-state index in [1.807, 2.05) is 18.0 Å². The second-order valence-electron chi connectivity index (χ2n) is 3.54. The SMILES string of the molecule is CCCn1ccnc1C(CSC)NCC. The zero-order valence-electron chi connectivity index (χ0n) is 9.86. The summed E-state index contributed by atoms with van der Waals surface area (Å²) in [6.45, 7) is 6.39. The van der Waals surface area contributed by atoms with Gasteiger partial charge in [-0.15, -0.1) is 0 Å². The Hall–Kier alpha value is -0.480. The summed E-state index contributed by atoms with van der Waals surface area (Å²) in [5.74, 6) is 2.25. The first-order valence-corrected chi connectivity index (χ1v) is 6.96. The molecule has 0 aliphatic heterocycles. The molecule has 1 unspecified atom stereocenters. The summed E-state index contributed by atoms with van der Waals surface area (Å²) in [6, 6.07) is 0.381. The zero-order valence-corrected chi connectivity index (χ0v) is 10.7. The van der Waals surface area contributed by atoms with Crippen molar-refractivity contribution in [1.82, 2.24) is 14.9 Å². The average molecular weight is 227 g/mol. The third-order valence-electron chi connectivity index (χ3n) is 2.31. The van der Waals surface area contributed by atoms with Crippen molar-refractivity contribution >= 4 is 11.8 Å². The number of nitrogens with one attached hydrogen (secondary N) is 1. The normalized spacial score (nSPS) is 13.0. The molecule has 1 rings (SSSR count). The molecule has 3 nitrogen and oxygen atoms in total. The van der Waals surface area contributed by atoms with Crippen LogP contribution in [0, 0.1) is 0 Å². The molecule has 0 amide bonds. The highest BCUT2D eigenvalue weighted by atomic mass is 32.2. The maximum atomic E-state index is 4.46. The minimum Gasteiger partial charge on any atom is -0.334 e. The molecule has 0 saturated carbocycles. The molecule has 1 aromatic rings. The zero-order chi connectivity index (χ0) is 11.1. The fraction of sp³-hybridized carbons (Fsp3) is 0.727. The van der Waals surface area contributed by atoms with E-state index in [0.29, 0.717) is 6.04 Å². The van der Waals surface area contributed by atoms with Gasteiger partial charge in [-0.1, -0.05) is 13.8 Å². The van der Waals surface area contributed by atoms with Gasteiger partial charge in [0.15, 0.2) is 0 Å². The van der Waals surface area contributed by atoms with Crippen LogP contribution in [-0.4, -0.2) is 28.1 Å². The molecule has 1 N–H and O–H groups in total. The monoisotopic (exact) mass is 227 g/mol. The van der Waals surface area contributed by atoms with E-state index in [0.717, 1.165) is 25.3 Å². The van der Waals surface area contributed by atoms with Gasteiger partial charge >= 0.3 is 0 Å². The van der Waals surface area contributed by atoms with E-state index in [1.165, 1.54) is 5.82 Å². The average Bonchev–Trinajstić information content (AvgIpc) is 2.66. The number of imidazole rings is 1. The van der Waals surface area contributed by atoms with Crippen LogP contribution in [0.1, 0.15) is 32.1 Å². The first-order chi connectivity index (χ1) is 7.33. The Labute approximate surface area is 96.7 Å². The Balaban J connectivity index is 2.74. The van der Waals surface area contributed by atoms with E-state index in [4.69, 9.17) is 0 Å². The molecule has 86 valence electrons. The van der Waals surface area contributed by atoms with Gasteiger partial charge < -0.3 is 9.88 Å². The molecule has 0 radical (unpaired) electrons. The lowest BCUT2D eigenvalue weighted by Gasteiger charge is -2.17. The Bertz CT molecular complexity index is 267. The second-order valence-corrected chi connectivity index (χ2v) is 4.46. The molecule has 1 atom stereocenters. The fourth-order valence-corrected chi connectivity index (χ4v) is 2.30. The van der Waals surface area contributed by atoms with Crippen LogP contribution in [-0.2, 0) is 6.54 Å². The Morgan fingerprint density at radius 2 is 2.33 bits per heavy atom. The molecular formula is C11H21N3S. The summed E-state index contributed by atoms with van der Waals surface area (Å²) >= 11 is 1.86. The van der Waals surface area contributed by atoms with Gasteiger partial charge in [0, 0.05) is 24.7 Å². The number of thioether (sulfide) groups is 1. The van der Waals surface area contributed by atoms with Crippen molar-refractivity contribution in [1.29, 1.82) is 0 Å². The van der Waals surface area contributed by atoms with Crippen molar-refractivity contribution < 1.29 is 0 Å². The summed E-state index contributed by atoms with van der Waals surface area (Å²) in [5, 5.41) is 3.48. The van der Waals surface area contributed by atoms with Gasteiger partial charge in [0.05, 0.1) is 6.04 Å². The number of rotatable bonds is 7. The molecule has 1 aromatic heterocycles. The van der Waals surface area contributed by atoms with E-state index >= 15 is 0 Å². The fourth-order valence-electron chi connectivity index (χ4n) is 1.70. The van der Waals surface area contributed by atoms with Gasteiger partial charge in [-0.3, -0.25) is 0 Å². The van der Waals surface area contributed by atoms with Gasteiger partial charge in [0.2, 0.25) is 0 Å². The number of hydrogen-bond acceptors (Lipinski definition) is 3. The minimum absolute atomic E-state index is 0.381. The van der Waals surface area contributed by atoms with Crippen LogP contribution in [0.25, 0.3) is 0 Å². The highest BCUT2D eigenvalue weighted by molar-refractivity contribution is 7.98. The van der Waals surface area contributed by atoms with E-state index < -0.39 is 0 Å². The smallest absolute Gasteiger partial charge is 0.126 e. The molecule has 0 aromatic carbocycles. The predicted molar refractivity (Wildman–Crippen MR) is 67.3 cm³/mol. The van der Waals surface area contributed by atoms with Gasteiger partial charge in [-0.25, -0.2) is 4.98 Å². The van der Waals surface area contributed by atoms with Gasteiger partial charge in [0.1, 0.15) is 5.82 Å². The minimum atomic E-state index is 0.381. The number of hydrogen-bond donors (Lipinski definition) is 1. The Morgan fingerprint density at radius 3 is 2.93 bits per heavy atom. The Morgan fingerprint density at radius 1 is 1.53 bits per heavy atom. The van der Waals surface area contributed by atoms with E-state index in [-0.39, 0.29) is 0 Å². The first kappa shape index (κ1) is 12.6. The van der Waals surface area contributed by atoms with E-state index in [9.17, 15) is 0 Å². The van der Waals surface area contributed by atoms with Gasteiger partial charge in [0.25, 0.3) is 0 Å². The van der Waals surface area contributed by atoms with E-state index in [2.05, 4.69) is 41.2 Å². The molecule has 0 saturated heterocycles.